The highest BCUT2D eigenvalue weighted by molar-refractivity contribution is 5.58. The second-order valence-electron chi connectivity index (χ2n) is 6.67. The average Bonchev–Trinajstić information content (AvgIpc) is 3.16. The second kappa shape index (κ2) is 7.66. The molecule has 0 bridgehead atoms. The Balaban J connectivity index is 1.45. The molecule has 0 amide bonds. The molecule has 4 rings (SSSR count). The first kappa shape index (κ1) is 16.7. The van der Waals surface area contributed by atoms with Crippen molar-refractivity contribution in [3.8, 4) is 11.3 Å². The van der Waals surface area contributed by atoms with E-state index in [4.69, 9.17) is 4.52 Å². The van der Waals surface area contributed by atoms with E-state index >= 15 is 0 Å². The van der Waals surface area contributed by atoms with Crippen LogP contribution in [0, 0.1) is 6.92 Å². The Morgan fingerprint density at radius 3 is 2.88 bits per heavy atom. The van der Waals surface area contributed by atoms with E-state index in [1.807, 2.05) is 43.3 Å². The van der Waals surface area contributed by atoms with Gasteiger partial charge < -0.3 is 15.2 Å². The lowest BCUT2D eigenvalue weighted by atomic mass is 9.96. The lowest BCUT2D eigenvalue weighted by Gasteiger charge is -2.22. The van der Waals surface area contributed by atoms with E-state index in [0.717, 1.165) is 47.4 Å². The van der Waals surface area contributed by atoms with Gasteiger partial charge in [0.05, 0.1) is 12.2 Å². The number of hydrogen-bond donors (Lipinski definition) is 2. The minimum absolute atomic E-state index is 0.459. The molecule has 3 aromatic rings. The molecule has 134 valence electrons. The molecule has 1 aliphatic rings. The fourth-order valence-corrected chi connectivity index (χ4v) is 3.31. The molecule has 2 N–H and O–H groups in total. The summed E-state index contributed by atoms with van der Waals surface area (Å²) in [4.78, 5) is 9.13. The fourth-order valence-electron chi connectivity index (χ4n) is 3.31. The predicted octanol–water partition coefficient (Wildman–Crippen LogP) is 3.52. The third-order valence-corrected chi connectivity index (χ3v) is 4.65. The third kappa shape index (κ3) is 3.91. The zero-order valence-corrected chi connectivity index (χ0v) is 14.9. The molecular formula is C20H23N5O. The second-order valence-corrected chi connectivity index (χ2v) is 6.67. The number of rotatable bonds is 5. The quantitative estimate of drug-likeness (QED) is 0.734. The summed E-state index contributed by atoms with van der Waals surface area (Å²) in [7, 11) is 0. The van der Waals surface area contributed by atoms with E-state index < -0.39 is 0 Å². The van der Waals surface area contributed by atoms with Crippen molar-refractivity contribution < 1.29 is 4.52 Å². The molecule has 0 saturated carbocycles. The highest BCUT2D eigenvalue weighted by Gasteiger charge is 2.18. The van der Waals surface area contributed by atoms with Crippen LogP contribution in [0.5, 0.6) is 0 Å². The molecule has 3 heterocycles. The number of hydrogen-bond acceptors (Lipinski definition) is 6. The van der Waals surface area contributed by atoms with Crippen molar-refractivity contribution in [1.29, 1.82) is 0 Å². The van der Waals surface area contributed by atoms with Gasteiger partial charge in [-0.2, -0.15) is 0 Å². The van der Waals surface area contributed by atoms with Crippen molar-refractivity contribution in [3.63, 3.8) is 0 Å². The van der Waals surface area contributed by atoms with Gasteiger partial charge in [-0.05, 0) is 26.3 Å². The van der Waals surface area contributed by atoms with Gasteiger partial charge in [0.2, 0.25) is 0 Å². The van der Waals surface area contributed by atoms with E-state index in [2.05, 4.69) is 31.8 Å². The van der Waals surface area contributed by atoms with E-state index in [1.165, 1.54) is 12.8 Å². The predicted molar refractivity (Wildman–Crippen MR) is 101 cm³/mol. The number of benzene rings is 1. The number of nitrogens with one attached hydrogen (secondary N) is 2. The zero-order chi connectivity index (χ0) is 17.8. The summed E-state index contributed by atoms with van der Waals surface area (Å²) in [6.07, 6.45) is 2.36. The Hall–Kier alpha value is -2.73. The molecule has 2 aromatic heterocycles. The van der Waals surface area contributed by atoms with Gasteiger partial charge in [0.1, 0.15) is 17.3 Å². The topological polar surface area (TPSA) is 75.9 Å². The molecule has 1 saturated heterocycles. The summed E-state index contributed by atoms with van der Waals surface area (Å²) >= 11 is 0. The Bertz CT molecular complexity index is 856. The molecule has 1 aliphatic heterocycles. The molecule has 6 heteroatoms. The summed E-state index contributed by atoms with van der Waals surface area (Å²) in [6, 6.07) is 14.0. The third-order valence-electron chi connectivity index (χ3n) is 4.65. The standard InChI is InChI=1S/C20H23N5O/c1-14-23-18(16-8-5-9-21-12-16)11-20(24-14)22-13-17-10-19(25-26-17)15-6-3-2-4-7-15/h2-4,6-7,10-11,16,21H,5,8-9,12-13H2,1H3,(H,22,23,24)/t16-/m0/s1. The van der Waals surface area contributed by atoms with Crippen LogP contribution in [0.3, 0.4) is 0 Å². The van der Waals surface area contributed by atoms with Crippen molar-refractivity contribution in [2.75, 3.05) is 18.4 Å². The molecule has 0 aliphatic carbocycles. The molecular weight excluding hydrogens is 326 g/mol. The van der Waals surface area contributed by atoms with E-state index in [-0.39, 0.29) is 0 Å². The van der Waals surface area contributed by atoms with Crippen LogP contribution in [0.25, 0.3) is 11.3 Å². The van der Waals surface area contributed by atoms with Crippen LogP contribution in [0.2, 0.25) is 0 Å². The summed E-state index contributed by atoms with van der Waals surface area (Å²) in [6.45, 7) is 4.56. The van der Waals surface area contributed by atoms with Crippen molar-refractivity contribution in [2.24, 2.45) is 0 Å². The molecule has 26 heavy (non-hydrogen) atoms. The van der Waals surface area contributed by atoms with Crippen molar-refractivity contribution >= 4 is 5.82 Å². The van der Waals surface area contributed by atoms with Crippen LogP contribution in [-0.4, -0.2) is 28.2 Å². The Kier molecular flexibility index (Phi) is 4.93. The highest BCUT2D eigenvalue weighted by atomic mass is 16.5. The normalized spacial score (nSPS) is 17.2. The number of aromatic nitrogens is 3. The molecule has 1 aromatic carbocycles. The number of anilines is 1. The lowest BCUT2D eigenvalue weighted by Crippen LogP contribution is -2.29. The lowest BCUT2D eigenvalue weighted by molar-refractivity contribution is 0.390. The molecule has 0 radical (unpaired) electrons. The summed E-state index contributed by atoms with van der Waals surface area (Å²) in [5, 5.41) is 10.9. The number of piperidine rings is 1. The molecule has 6 nitrogen and oxygen atoms in total. The fraction of sp³-hybridized carbons (Fsp3) is 0.350. The van der Waals surface area contributed by atoms with Crippen LogP contribution in [0.1, 0.15) is 36.0 Å². The number of aryl methyl sites for hydroxylation is 1. The summed E-state index contributed by atoms with van der Waals surface area (Å²) in [5.74, 6) is 2.86. The van der Waals surface area contributed by atoms with Crippen LogP contribution in [0.15, 0.2) is 47.0 Å². The minimum Gasteiger partial charge on any atom is -0.363 e. The number of nitrogens with zero attached hydrogens (tertiary/aromatic N) is 3. The largest absolute Gasteiger partial charge is 0.363 e. The van der Waals surface area contributed by atoms with Crippen LogP contribution in [-0.2, 0) is 6.54 Å². The average molecular weight is 349 g/mol. The maximum absolute atomic E-state index is 5.45. The van der Waals surface area contributed by atoms with E-state index in [1.54, 1.807) is 0 Å². The van der Waals surface area contributed by atoms with Crippen LogP contribution < -0.4 is 10.6 Å². The van der Waals surface area contributed by atoms with Gasteiger partial charge >= 0.3 is 0 Å². The van der Waals surface area contributed by atoms with E-state index in [0.29, 0.717) is 12.5 Å². The van der Waals surface area contributed by atoms with E-state index in [9.17, 15) is 0 Å². The maximum Gasteiger partial charge on any atom is 0.156 e. The van der Waals surface area contributed by atoms with Crippen LogP contribution >= 0.6 is 0 Å². The monoisotopic (exact) mass is 349 g/mol. The van der Waals surface area contributed by atoms with Crippen molar-refractivity contribution in [3.05, 3.63) is 59.7 Å². The molecule has 1 atom stereocenters. The Morgan fingerprint density at radius 1 is 1.19 bits per heavy atom. The van der Waals surface area contributed by atoms with Gasteiger partial charge in [-0.3, -0.25) is 0 Å². The smallest absolute Gasteiger partial charge is 0.156 e. The van der Waals surface area contributed by atoms with Crippen molar-refractivity contribution in [1.82, 2.24) is 20.4 Å². The molecule has 1 fully saturated rings. The maximum atomic E-state index is 5.45. The highest BCUT2D eigenvalue weighted by Crippen LogP contribution is 2.24. The molecule has 0 spiro atoms. The summed E-state index contributed by atoms with van der Waals surface area (Å²) < 4.78 is 5.45. The van der Waals surface area contributed by atoms with Gasteiger partial charge in [0.15, 0.2) is 5.76 Å². The first-order chi connectivity index (χ1) is 12.8. The van der Waals surface area contributed by atoms with Gasteiger partial charge in [-0.25, -0.2) is 9.97 Å². The SMILES string of the molecule is Cc1nc(NCc2cc(-c3ccccc3)no2)cc([C@H]2CCCNC2)n1. The van der Waals surface area contributed by atoms with Gasteiger partial charge in [-0.1, -0.05) is 35.5 Å². The summed E-state index contributed by atoms with van der Waals surface area (Å²) in [5.41, 5.74) is 3.00. The molecule has 0 unspecified atom stereocenters. The Morgan fingerprint density at radius 2 is 2.08 bits per heavy atom. The van der Waals surface area contributed by atoms with Crippen molar-refractivity contribution in [2.45, 2.75) is 32.2 Å². The van der Waals surface area contributed by atoms with Gasteiger partial charge in [-0.15, -0.1) is 0 Å². The first-order valence-electron chi connectivity index (χ1n) is 9.09. The Labute approximate surface area is 153 Å². The van der Waals surface area contributed by atoms with Gasteiger partial charge in [0.25, 0.3) is 0 Å². The minimum atomic E-state index is 0.459. The zero-order valence-electron chi connectivity index (χ0n) is 14.9. The van der Waals surface area contributed by atoms with Crippen LogP contribution in [0.4, 0.5) is 5.82 Å². The van der Waals surface area contributed by atoms with Gasteiger partial charge in [0, 0.05) is 30.2 Å². The first-order valence-corrected chi connectivity index (χ1v) is 9.09.